The number of hydrogen-bond acceptors (Lipinski definition) is 20. The van der Waals surface area contributed by atoms with Crippen LogP contribution in [0.4, 0.5) is 11.6 Å². The first-order chi connectivity index (χ1) is 33.7. The highest BCUT2D eigenvalue weighted by Crippen LogP contribution is 2.12. The summed E-state index contributed by atoms with van der Waals surface area (Å²) in [5.74, 6) is -2.71. The summed E-state index contributed by atoms with van der Waals surface area (Å²) < 4.78 is 48.7. The molecule has 0 radical (unpaired) electrons. The van der Waals surface area contributed by atoms with Crippen LogP contribution in [0.5, 0.6) is 0 Å². The largest absolute Gasteiger partial charge is 0.480 e. The molecule has 0 bridgehead atoms. The molecule has 0 fully saturated rings. The fourth-order valence-corrected chi connectivity index (χ4v) is 5.52. The van der Waals surface area contributed by atoms with Gasteiger partial charge in [-0.2, -0.15) is 4.98 Å². The van der Waals surface area contributed by atoms with Gasteiger partial charge in [0.05, 0.1) is 137 Å². The van der Waals surface area contributed by atoms with E-state index in [4.69, 9.17) is 53.9 Å². The van der Waals surface area contributed by atoms with E-state index in [1.54, 1.807) is 12.1 Å². The zero-order valence-corrected chi connectivity index (χ0v) is 38.6. The van der Waals surface area contributed by atoms with Gasteiger partial charge in [-0.25, -0.2) is 14.8 Å². The number of benzene rings is 1. The first-order valence-corrected chi connectivity index (χ1v) is 22.3. The fraction of sp³-hybridized carbons (Fsp3) is 0.619. The number of amides is 3. The molecule has 3 rings (SSSR count). The van der Waals surface area contributed by atoms with Crippen molar-refractivity contribution in [3.05, 3.63) is 62.5 Å². The van der Waals surface area contributed by atoms with Gasteiger partial charge in [0.1, 0.15) is 6.04 Å². The third kappa shape index (κ3) is 27.5. The van der Waals surface area contributed by atoms with Crippen LogP contribution >= 0.6 is 0 Å². The van der Waals surface area contributed by atoms with Crippen molar-refractivity contribution < 1.29 is 66.9 Å². The molecule has 2 aromatic heterocycles. The minimum atomic E-state index is -1.32. The number of anilines is 2. The van der Waals surface area contributed by atoms with Gasteiger partial charge in [0.2, 0.25) is 17.8 Å². The van der Waals surface area contributed by atoms with Crippen molar-refractivity contribution in [1.82, 2.24) is 35.9 Å². The average molecular weight is 977 g/mol. The number of nitrogens with zero attached hydrogens (tertiary/aromatic N) is 6. The maximum atomic E-state index is 12.8. The van der Waals surface area contributed by atoms with Crippen molar-refractivity contribution in [2.75, 3.05) is 150 Å². The number of fused-ring (bicyclic) bond motifs is 1. The molecule has 0 saturated carbocycles. The van der Waals surface area contributed by atoms with Crippen LogP contribution in [0.3, 0.4) is 0 Å². The molecule has 27 nitrogen and oxygen atoms in total. The minimum absolute atomic E-state index is 0.0421. The Morgan fingerprint density at radius 2 is 1.17 bits per heavy atom. The van der Waals surface area contributed by atoms with Gasteiger partial charge in [-0.15, -0.1) is 0 Å². The summed E-state index contributed by atoms with van der Waals surface area (Å²) in [5.41, 5.74) is 14.6. The number of ether oxygens (including phenoxy) is 9. The van der Waals surface area contributed by atoms with Gasteiger partial charge in [0.15, 0.2) is 11.2 Å². The lowest BCUT2D eigenvalue weighted by Crippen LogP contribution is -2.42. The molecule has 0 unspecified atom stereocenters. The fourth-order valence-electron chi connectivity index (χ4n) is 5.52. The van der Waals surface area contributed by atoms with Crippen LogP contribution in [0.25, 0.3) is 21.6 Å². The van der Waals surface area contributed by atoms with Crippen LogP contribution in [-0.4, -0.2) is 193 Å². The maximum absolute atomic E-state index is 12.8. The SMILES string of the molecule is [N-]=[N+]=NCCOCCOCCOCCOCCOCCOCCOCCOCCOCCC(=O)NCCNC(=O)CC[C@H](NC(=O)c1ccc(NCc2cnc3nc(N)[nH]c(=O)c3n2)cc1)C(=O)O. The molecule has 3 amide bonds. The van der Waals surface area contributed by atoms with Gasteiger partial charge >= 0.3 is 5.97 Å². The first kappa shape index (κ1) is 57.2. The number of nitrogen functional groups attached to an aromatic ring is 1. The van der Waals surface area contributed by atoms with Gasteiger partial charge < -0.3 is 74.7 Å². The zero-order valence-electron chi connectivity index (χ0n) is 38.6. The van der Waals surface area contributed by atoms with E-state index in [1.807, 2.05) is 0 Å². The van der Waals surface area contributed by atoms with E-state index in [-0.39, 0.29) is 74.1 Å². The third-order valence-corrected chi connectivity index (χ3v) is 8.99. The standard InChI is InChI=1S/C42H64N12O15/c43-42-52-38-37(40(58)53-42)50-33(30-48-38)29-47-32-3-1-31(2-4-32)39(57)51-34(41(59)60)5-6-35(55)45-8-9-46-36(56)7-11-61-13-15-63-17-19-65-21-23-67-25-27-69-28-26-68-24-22-66-20-18-64-16-14-62-12-10-49-54-44/h1-4,30,34,47H,5-29H2,(H,45,55)(H,46,56)(H,51,57)(H,59,60)(H3,43,48,52,53,58)/t34-/m0/s1. The number of H-pyrrole nitrogens is 1. The van der Waals surface area contributed by atoms with E-state index in [9.17, 15) is 29.1 Å². The summed E-state index contributed by atoms with van der Waals surface area (Å²) >= 11 is 0. The topological polar surface area (TPSA) is 366 Å². The van der Waals surface area contributed by atoms with Crippen LogP contribution in [0.1, 0.15) is 35.3 Å². The molecule has 1 aromatic carbocycles. The van der Waals surface area contributed by atoms with Crippen LogP contribution in [0, 0.1) is 0 Å². The van der Waals surface area contributed by atoms with Crippen LogP contribution < -0.4 is 32.6 Å². The van der Waals surface area contributed by atoms with E-state index in [0.717, 1.165) is 0 Å². The normalized spacial score (nSPS) is 11.5. The molecule has 3 aromatic rings. The number of carbonyl (C=O) groups excluding carboxylic acids is 3. The van der Waals surface area contributed by atoms with Gasteiger partial charge in [-0.05, 0) is 36.2 Å². The predicted molar refractivity (Wildman–Crippen MR) is 246 cm³/mol. The Morgan fingerprint density at radius 3 is 1.67 bits per heavy atom. The predicted octanol–water partition coefficient (Wildman–Crippen LogP) is -0.0472. The highest BCUT2D eigenvalue weighted by atomic mass is 16.6. The first-order valence-electron chi connectivity index (χ1n) is 22.3. The van der Waals surface area contributed by atoms with Gasteiger partial charge in [0.25, 0.3) is 11.5 Å². The van der Waals surface area contributed by atoms with E-state index in [0.29, 0.717) is 130 Å². The van der Waals surface area contributed by atoms with E-state index in [2.05, 4.69) is 51.2 Å². The maximum Gasteiger partial charge on any atom is 0.326 e. The van der Waals surface area contributed by atoms with Gasteiger partial charge in [-0.3, -0.25) is 24.2 Å². The molecular formula is C42H64N12O15. The van der Waals surface area contributed by atoms with E-state index in [1.165, 1.54) is 18.3 Å². The molecule has 27 heteroatoms. The lowest BCUT2D eigenvalue weighted by molar-refractivity contribution is -0.139. The second-order valence-electron chi connectivity index (χ2n) is 14.2. The molecule has 382 valence electrons. The number of aromatic nitrogens is 4. The summed E-state index contributed by atoms with van der Waals surface area (Å²) in [6.07, 6.45) is 1.23. The summed E-state index contributed by atoms with van der Waals surface area (Å²) in [7, 11) is 0. The number of hydrogen-bond donors (Lipinski definition) is 7. The van der Waals surface area contributed by atoms with Crippen molar-refractivity contribution in [3.8, 4) is 0 Å². The molecule has 0 spiro atoms. The van der Waals surface area contributed by atoms with Crippen molar-refractivity contribution in [2.45, 2.75) is 31.8 Å². The Hall–Kier alpha value is -6.13. The van der Waals surface area contributed by atoms with Crippen molar-refractivity contribution >= 4 is 46.5 Å². The minimum Gasteiger partial charge on any atom is -0.480 e. The molecule has 2 heterocycles. The summed E-state index contributed by atoms with van der Waals surface area (Å²) in [6, 6.07) is 4.91. The van der Waals surface area contributed by atoms with Crippen molar-refractivity contribution in [3.63, 3.8) is 0 Å². The smallest absolute Gasteiger partial charge is 0.326 e. The Kier molecular flexibility index (Phi) is 30.5. The molecule has 1 atom stereocenters. The Labute approximate surface area is 397 Å². The number of carboxylic acids is 1. The van der Waals surface area contributed by atoms with Crippen LogP contribution in [0.15, 0.2) is 40.4 Å². The second-order valence-corrected chi connectivity index (χ2v) is 14.2. The van der Waals surface area contributed by atoms with Gasteiger partial charge in [-0.1, -0.05) is 5.11 Å². The Balaban J connectivity index is 1.06. The number of carbonyl (C=O) groups is 4. The van der Waals surface area contributed by atoms with Gasteiger partial charge in [0, 0.05) is 48.6 Å². The molecule has 69 heavy (non-hydrogen) atoms. The number of carboxylic acid groups (broad SMARTS) is 1. The second kappa shape index (κ2) is 36.9. The number of nitrogens with two attached hydrogens (primary N) is 1. The summed E-state index contributed by atoms with van der Waals surface area (Å²) in [5, 5.41) is 23.8. The lowest BCUT2D eigenvalue weighted by Gasteiger charge is -2.15. The number of nitrogens with one attached hydrogen (secondary N) is 5. The van der Waals surface area contributed by atoms with Crippen molar-refractivity contribution in [1.29, 1.82) is 0 Å². The summed E-state index contributed by atoms with van der Waals surface area (Å²) in [4.78, 5) is 78.5. The zero-order chi connectivity index (χ0) is 49.6. The molecular weight excluding hydrogens is 913 g/mol. The molecule has 0 aliphatic heterocycles. The highest BCUT2D eigenvalue weighted by molar-refractivity contribution is 5.97. The Morgan fingerprint density at radius 1 is 0.696 bits per heavy atom. The quantitative estimate of drug-likeness (QED) is 0.0169. The number of rotatable bonds is 42. The molecule has 0 aliphatic rings. The number of aliphatic carboxylic acids is 1. The van der Waals surface area contributed by atoms with E-state index >= 15 is 0 Å². The van der Waals surface area contributed by atoms with Crippen molar-refractivity contribution in [2.24, 2.45) is 5.11 Å². The Bertz CT molecular complexity index is 2040. The molecule has 0 aliphatic carbocycles. The van der Waals surface area contributed by atoms with Crippen LogP contribution in [-0.2, 0) is 63.6 Å². The van der Waals surface area contributed by atoms with E-state index < -0.39 is 29.4 Å². The highest BCUT2D eigenvalue weighted by Gasteiger charge is 2.22. The molecule has 0 saturated heterocycles. The third-order valence-electron chi connectivity index (χ3n) is 8.99. The lowest BCUT2D eigenvalue weighted by atomic mass is 10.1. The number of aromatic amines is 1. The summed E-state index contributed by atoms with van der Waals surface area (Å²) in [6.45, 7) is 8.06. The number of azide groups is 1. The molecule has 8 N–H and O–H groups in total. The monoisotopic (exact) mass is 976 g/mol. The average Bonchev–Trinajstić information content (AvgIpc) is 3.34. The van der Waals surface area contributed by atoms with Crippen LogP contribution in [0.2, 0.25) is 0 Å².